The van der Waals surface area contributed by atoms with E-state index in [-0.39, 0.29) is 13.2 Å². The van der Waals surface area contributed by atoms with Crippen LogP contribution in [0.1, 0.15) is 18.1 Å². The van der Waals surface area contributed by atoms with Crippen molar-refractivity contribution in [2.75, 3.05) is 20.8 Å². The average molecular weight is 406 g/mol. The van der Waals surface area contributed by atoms with Crippen molar-refractivity contribution >= 4 is 23.5 Å². The van der Waals surface area contributed by atoms with Crippen molar-refractivity contribution in [2.24, 2.45) is 0 Å². The molecule has 1 fully saturated rings. The molecule has 1 aliphatic rings. The Morgan fingerprint density at radius 3 is 2.64 bits per heavy atom. The van der Waals surface area contributed by atoms with Gasteiger partial charge >= 0.3 is 6.03 Å². The standard InChI is InChI=1S/C20H21ClFN3O3/c1-20(13-6-4-7-14(10-13)28-3)18(26)25(19(27)23-20)12-24(2)11-15-16(21)8-5-9-17(15)22/h4-10H,11-12H2,1-3H3,(H,23,27)/t20-/m0/s1. The van der Waals surface area contributed by atoms with Gasteiger partial charge in [-0.1, -0.05) is 29.8 Å². The molecule has 1 saturated heterocycles. The van der Waals surface area contributed by atoms with E-state index in [1.165, 1.54) is 19.2 Å². The maximum atomic E-state index is 14.0. The Kier molecular flexibility index (Phi) is 5.58. The van der Waals surface area contributed by atoms with Crippen LogP contribution in [0, 0.1) is 5.82 Å². The molecular formula is C20H21ClFN3O3. The number of ether oxygens (including phenoxy) is 1. The Labute approximate surface area is 167 Å². The van der Waals surface area contributed by atoms with Crippen LogP contribution in [0.25, 0.3) is 0 Å². The number of methoxy groups -OCH3 is 1. The molecule has 0 aliphatic carbocycles. The molecule has 0 spiro atoms. The summed E-state index contributed by atoms with van der Waals surface area (Å²) >= 11 is 6.06. The first kappa shape index (κ1) is 20.1. The molecule has 0 aromatic heterocycles. The fraction of sp³-hybridized carbons (Fsp3) is 0.300. The molecule has 3 rings (SSSR count). The smallest absolute Gasteiger partial charge is 0.326 e. The fourth-order valence-electron chi connectivity index (χ4n) is 3.20. The summed E-state index contributed by atoms with van der Waals surface area (Å²) in [4.78, 5) is 28.3. The number of nitrogens with zero attached hydrogens (tertiary/aromatic N) is 2. The predicted molar refractivity (Wildman–Crippen MR) is 103 cm³/mol. The third-order valence-electron chi connectivity index (χ3n) is 4.79. The third kappa shape index (κ3) is 3.68. The van der Waals surface area contributed by atoms with Gasteiger partial charge in [0, 0.05) is 17.1 Å². The second-order valence-electron chi connectivity index (χ2n) is 6.88. The van der Waals surface area contributed by atoms with Gasteiger partial charge in [0.25, 0.3) is 5.91 Å². The Bertz CT molecular complexity index is 903. The van der Waals surface area contributed by atoms with Crippen LogP contribution < -0.4 is 10.1 Å². The van der Waals surface area contributed by atoms with Crippen molar-refractivity contribution in [3.8, 4) is 5.75 Å². The molecule has 1 aliphatic heterocycles. The maximum absolute atomic E-state index is 14.0. The van der Waals surface area contributed by atoms with Crippen LogP contribution in [-0.4, -0.2) is 42.6 Å². The fourth-order valence-corrected chi connectivity index (χ4v) is 3.42. The molecule has 1 N–H and O–H groups in total. The number of benzene rings is 2. The van der Waals surface area contributed by atoms with Crippen molar-refractivity contribution < 1.29 is 18.7 Å². The van der Waals surface area contributed by atoms with E-state index >= 15 is 0 Å². The van der Waals surface area contributed by atoms with E-state index in [2.05, 4.69) is 5.32 Å². The number of halogens is 2. The van der Waals surface area contributed by atoms with Gasteiger partial charge in [-0.25, -0.2) is 14.1 Å². The van der Waals surface area contributed by atoms with Gasteiger partial charge in [0.15, 0.2) is 0 Å². The summed E-state index contributed by atoms with van der Waals surface area (Å²) in [5, 5.41) is 3.04. The number of rotatable bonds is 6. The lowest BCUT2D eigenvalue weighted by molar-refractivity contribution is -0.132. The lowest BCUT2D eigenvalue weighted by Gasteiger charge is -2.25. The van der Waals surface area contributed by atoms with Crippen molar-refractivity contribution in [3.63, 3.8) is 0 Å². The highest BCUT2D eigenvalue weighted by atomic mass is 35.5. The normalized spacial score (nSPS) is 19.3. The van der Waals surface area contributed by atoms with E-state index in [0.717, 1.165) is 4.90 Å². The molecular weight excluding hydrogens is 385 g/mol. The lowest BCUT2D eigenvalue weighted by atomic mass is 9.92. The molecule has 3 amide bonds. The Morgan fingerprint density at radius 2 is 1.96 bits per heavy atom. The first-order valence-electron chi connectivity index (χ1n) is 8.66. The zero-order valence-corrected chi connectivity index (χ0v) is 16.6. The summed E-state index contributed by atoms with van der Waals surface area (Å²) in [6.07, 6.45) is 0. The largest absolute Gasteiger partial charge is 0.497 e. The molecule has 148 valence electrons. The van der Waals surface area contributed by atoms with Crippen molar-refractivity contribution in [1.82, 2.24) is 15.1 Å². The van der Waals surface area contributed by atoms with Gasteiger partial charge in [0.2, 0.25) is 0 Å². The Hall–Kier alpha value is -2.64. The van der Waals surface area contributed by atoms with E-state index in [4.69, 9.17) is 16.3 Å². The summed E-state index contributed by atoms with van der Waals surface area (Å²) < 4.78 is 19.2. The quantitative estimate of drug-likeness (QED) is 0.749. The average Bonchev–Trinajstić information content (AvgIpc) is 2.89. The van der Waals surface area contributed by atoms with E-state index in [9.17, 15) is 14.0 Å². The SMILES string of the molecule is COc1cccc([C@]2(C)NC(=O)N(CN(C)Cc3c(F)cccc3Cl)C2=O)c1. The molecule has 0 unspecified atom stereocenters. The van der Waals surface area contributed by atoms with Gasteiger partial charge in [0.05, 0.1) is 13.8 Å². The second-order valence-corrected chi connectivity index (χ2v) is 7.28. The lowest BCUT2D eigenvalue weighted by Crippen LogP contribution is -2.42. The molecule has 0 radical (unpaired) electrons. The van der Waals surface area contributed by atoms with Crippen molar-refractivity contribution in [2.45, 2.75) is 19.0 Å². The number of imide groups is 1. The van der Waals surface area contributed by atoms with Gasteiger partial charge in [-0.15, -0.1) is 0 Å². The Balaban J connectivity index is 1.78. The van der Waals surface area contributed by atoms with Gasteiger partial charge in [-0.2, -0.15) is 0 Å². The van der Waals surface area contributed by atoms with Crippen molar-refractivity contribution in [1.29, 1.82) is 0 Å². The van der Waals surface area contributed by atoms with E-state index in [1.54, 1.807) is 49.2 Å². The number of carbonyl (C=O) groups is 2. The molecule has 28 heavy (non-hydrogen) atoms. The monoisotopic (exact) mass is 405 g/mol. The van der Waals surface area contributed by atoms with Crippen LogP contribution in [0.2, 0.25) is 5.02 Å². The number of hydrogen-bond acceptors (Lipinski definition) is 4. The number of carbonyl (C=O) groups excluding carboxylic acids is 2. The van der Waals surface area contributed by atoms with E-state index in [1.807, 2.05) is 0 Å². The highest BCUT2D eigenvalue weighted by Crippen LogP contribution is 2.31. The van der Waals surface area contributed by atoms with Crippen molar-refractivity contribution in [3.05, 3.63) is 64.4 Å². The van der Waals surface area contributed by atoms with Crippen LogP contribution >= 0.6 is 11.6 Å². The third-order valence-corrected chi connectivity index (χ3v) is 5.15. The zero-order chi connectivity index (χ0) is 20.5. The highest BCUT2D eigenvalue weighted by Gasteiger charge is 2.49. The number of nitrogens with one attached hydrogen (secondary N) is 1. The molecule has 0 saturated carbocycles. The summed E-state index contributed by atoms with van der Waals surface area (Å²) in [7, 11) is 3.22. The summed E-state index contributed by atoms with van der Waals surface area (Å²) in [5.74, 6) is -0.236. The second kappa shape index (κ2) is 7.77. The maximum Gasteiger partial charge on any atom is 0.326 e. The number of amides is 3. The summed E-state index contributed by atoms with van der Waals surface area (Å²) in [6.45, 7) is 1.79. The predicted octanol–water partition coefficient (Wildman–Crippen LogP) is 3.34. The molecule has 1 atom stereocenters. The van der Waals surface area contributed by atoms with E-state index in [0.29, 0.717) is 21.9 Å². The van der Waals surface area contributed by atoms with Crippen LogP contribution in [0.3, 0.4) is 0 Å². The molecule has 6 nitrogen and oxygen atoms in total. The molecule has 0 bridgehead atoms. The first-order valence-corrected chi connectivity index (χ1v) is 9.04. The van der Waals surface area contributed by atoms with Crippen LogP contribution in [0.4, 0.5) is 9.18 Å². The molecule has 8 heteroatoms. The minimum Gasteiger partial charge on any atom is -0.497 e. The molecule has 1 heterocycles. The highest BCUT2D eigenvalue weighted by molar-refractivity contribution is 6.31. The first-order chi connectivity index (χ1) is 13.3. The molecule has 2 aromatic rings. The van der Waals surface area contributed by atoms with Crippen LogP contribution in [0.5, 0.6) is 5.75 Å². The topological polar surface area (TPSA) is 61.9 Å². The van der Waals surface area contributed by atoms with Crippen LogP contribution in [-0.2, 0) is 16.9 Å². The number of hydrogen-bond donors (Lipinski definition) is 1. The van der Waals surface area contributed by atoms with Gasteiger partial charge in [-0.05, 0) is 43.8 Å². The molecule has 2 aromatic carbocycles. The van der Waals surface area contributed by atoms with E-state index < -0.39 is 23.3 Å². The minimum atomic E-state index is -1.21. The summed E-state index contributed by atoms with van der Waals surface area (Å²) in [6, 6.07) is 10.9. The Morgan fingerprint density at radius 1 is 1.25 bits per heavy atom. The van der Waals surface area contributed by atoms with Gasteiger partial charge in [0.1, 0.15) is 17.1 Å². The van der Waals surface area contributed by atoms with Gasteiger partial charge < -0.3 is 10.1 Å². The number of urea groups is 1. The van der Waals surface area contributed by atoms with Gasteiger partial charge in [-0.3, -0.25) is 9.69 Å². The van der Waals surface area contributed by atoms with Crippen LogP contribution in [0.15, 0.2) is 42.5 Å². The minimum absolute atomic E-state index is 0.00507. The summed E-state index contributed by atoms with van der Waals surface area (Å²) in [5.41, 5.74) is -0.274. The zero-order valence-electron chi connectivity index (χ0n) is 15.8.